The first kappa shape index (κ1) is 26.2. The van der Waals surface area contributed by atoms with Gasteiger partial charge < -0.3 is 0 Å². The molecule has 0 aliphatic heterocycles. The van der Waals surface area contributed by atoms with Crippen molar-refractivity contribution in [2.24, 2.45) is 0 Å². The summed E-state index contributed by atoms with van der Waals surface area (Å²) in [4.78, 5) is 24.1. The fourth-order valence-corrected chi connectivity index (χ4v) is 5.35. The number of carbonyl (C=O) groups excluding carboxylic acids is 2. The van der Waals surface area contributed by atoms with Gasteiger partial charge in [0.25, 0.3) is 0 Å². The minimum atomic E-state index is -5.00. The molecule has 184 valence electrons. The van der Waals surface area contributed by atoms with Gasteiger partial charge in [0.2, 0.25) is 5.78 Å². The second kappa shape index (κ2) is 11.3. The van der Waals surface area contributed by atoms with E-state index in [0.717, 1.165) is 68.1 Å². The van der Waals surface area contributed by atoms with E-state index in [9.17, 15) is 22.8 Å². The fraction of sp³-hybridized carbons (Fsp3) is 0.517. The second-order valence-electron chi connectivity index (χ2n) is 9.53. The zero-order valence-corrected chi connectivity index (χ0v) is 20.3. The van der Waals surface area contributed by atoms with Crippen molar-refractivity contribution in [1.82, 2.24) is 0 Å². The van der Waals surface area contributed by atoms with Gasteiger partial charge in [-0.1, -0.05) is 102 Å². The number of halogens is 3. The van der Waals surface area contributed by atoms with E-state index < -0.39 is 24.2 Å². The van der Waals surface area contributed by atoms with Crippen molar-refractivity contribution >= 4 is 11.6 Å². The van der Waals surface area contributed by atoms with Crippen LogP contribution < -0.4 is 0 Å². The number of unbranched alkanes of at least 4 members (excludes halogenated alkanes) is 6. The molecule has 2 nitrogen and oxygen atoms in total. The third-order valence-electron chi connectivity index (χ3n) is 7.14. The van der Waals surface area contributed by atoms with Crippen molar-refractivity contribution in [3.63, 3.8) is 0 Å². The van der Waals surface area contributed by atoms with E-state index >= 15 is 0 Å². The van der Waals surface area contributed by atoms with Crippen LogP contribution in [0.2, 0.25) is 0 Å². The van der Waals surface area contributed by atoms with Gasteiger partial charge in [-0.05, 0) is 41.2 Å². The summed E-state index contributed by atoms with van der Waals surface area (Å²) in [5.74, 6) is -2.77. The number of alkyl halides is 3. The van der Waals surface area contributed by atoms with Gasteiger partial charge in [0.1, 0.15) is 0 Å². The van der Waals surface area contributed by atoms with Crippen LogP contribution in [0.4, 0.5) is 13.2 Å². The summed E-state index contributed by atoms with van der Waals surface area (Å²) < 4.78 is 38.2. The van der Waals surface area contributed by atoms with Gasteiger partial charge in [0.05, 0.1) is 6.42 Å². The molecule has 0 fully saturated rings. The van der Waals surface area contributed by atoms with E-state index in [0.29, 0.717) is 0 Å². The molecule has 0 spiro atoms. The molecule has 0 amide bonds. The maximum Gasteiger partial charge on any atom is 0.450 e. The number of benzene rings is 2. The number of Topliss-reactive ketones (excluding diaryl/α,β-unsaturated/α-hetero) is 2. The lowest BCUT2D eigenvalue weighted by Crippen LogP contribution is -2.27. The van der Waals surface area contributed by atoms with Gasteiger partial charge in [-0.2, -0.15) is 13.2 Å². The molecule has 34 heavy (non-hydrogen) atoms. The van der Waals surface area contributed by atoms with Crippen LogP contribution in [0.15, 0.2) is 42.5 Å². The lowest BCUT2D eigenvalue weighted by molar-refractivity contribution is -0.170. The van der Waals surface area contributed by atoms with Crippen molar-refractivity contribution in [2.75, 3.05) is 0 Å². The molecule has 0 N–H and O–H groups in total. The SMILES string of the molecule is CCCCCCC1(CCCCCC)c2ccccc2-c2ccc(C(=O)CC(=O)C(F)(F)F)cc21. The summed E-state index contributed by atoms with van der Waals surface area (Å²) in [5.41, 5.74) is 4.43. The second-order valence-corrected chi connectivity index (χ2v) is 9.53. The normalized spacial score (nSPS) is 14.0. The Labute approximate surface area is 201 Å². The number of rotatable bonds is 13. The topological polar surface area (TPSA) is 34.1 Å². The summed E-state index contributed by atoms with van der Waals surface area (Å²) in [5, 5.41) is 0. The van der Waals surface area contributed by atoms with E-state index in [2.05, 4.69) is 26.0 Å². The first-order valence-electron chi connectivity index (χ1n) is 12.6. The maximum atomic E-state index is 12.7. The first-order valence-corrected chi connectivity index (χ1v) is 12.6. The van der Waals surface area contributed by atoms with Crippen LogP contribution in [0.5, 0.6) is 0 Å². The van der Waals surface area contributed by atoms with Gasteiger partial charge in [-0.3, -0.25) is 9.59 Å². The molecule has 2 aromatic rings. The molecule has 0 atom stereocenters. The highest BCUT2D eigenvalue weighted by Crippen LogP contribution is 2.54. The van der Waals surface area contributed by atoms with Gasteiger partial charge in [0.15, 0.2) is 5.78 Å². The highest BCUT2D eigenvalue weighted by Gasteiger charge is 2.43. The average Bonchev–Trinajstić information content (AvgIpc) is 3.08. The Bertz CT molecular complexity index is 995. The predicted octanol–water partition coefficient (Wildman–Crippen LogP) is 8.60. The van der Waals surface area contributed by atoms with Crippen molar-refractivity contribution < 1.29 is 22.8 Å². The van der Waals surface area contributed by atoms with Crippen molar-refractivity contribution in [1.29, 1.82) is 0 Å². The van der Waals surface area contributed by atoms with Crippen LogP contribution in [0.1, 0.15) is 106 Å². The Hall–Kier alpha value is -2.43. The number of fused-ring (bicyclic) bond motifs is 3. The Morgan fingerprint density at radius 2 is 1.35 bits per heavy atom. The average molecular weight is 473 g/mol. The van der Waals surface area contributed by atoms with E-state index in [1.807, 2.05) is 18.2 Å². The van der Waals surface area contributed by atoms with Crippen LogP contribution in [0.25, 0.3) is 11.1 Å². The molecule has 0 saturated heterocycles. The number of ketones is 2. The fourth-order valence-electron chi connectivity index (χ4n) is 5.35. The molecular formula is C29H35F3O2. The summed E-state index contributed by atoms with van der Waals surface area (Å²) in [6.45, 7) is 4.36. The summed E-state index contributed by atoms with van der Waals surface area (Å²) in [6.07, 6.45) is 4.74. The van der Waals surface area contributed by atoms with Gasteiger partial charge in [-0.25, -0.2) is 0 Å². The molecule has 0 aromatic heterocycles. The Morgan fingerprint density at radius 1 is 0.765 bits per heavy atom. The molecule has 0 heterocycles. The van der Waals surface area contributed by atoms with Crippen LogP contribution in [-0.4, -0.2) is 17.7 Å². The number of carbonyl (C=O) groups is 2. The zero-order chi connectivity index (χ0) is 24.8. The quantitative estimate of drug-likeness (QED) is 0.166. The van der Waals surface area contributed by atoms with E-state index in [-0.39, 0.29) is 11.0 Å². The van der Waals surface area contributed by atoms with Crippen molar-refractivity contribution in [2.45, 2.75) is 96.1 Å². The summed E-state index contributed by atoms with van der Waals surface area (Å²) in [7, 11) is 0. The molecule has 0 unspecified atom stereocenters. The van der Waals surface area contributed by atoms with Crippen LogP contribution >= 0.6 is 0 Å². The minimum Gasteiger partial charge on any atom is -0.294 e. The Morgan fingerprint density at radius 3 is 1.94 bits per heavy atom. The lowest BCUT2D eigenvalue weighted by Gasteiger charge is -2.33. The lowest BCUT2D eigenvalue weighted by atomic mass is 9.70. The first-order chi connectivity index (χ1) is 16.2. The van der Waals surface area contributed by atoms with Crippen LogP contribution in [0.3, 0.4) is 0 Å². The molecule has 5 heteroatoms. The molecule has 0 bridgehead atoms. The predicted molar refractivity (Wildman–Crippen MR) is 130 cm³/mol. The largest absolute Gasteiger partial charge is 0.450 e. The summed E-state index contributed by atoms with van der Waals surface area (Å²) >= 11 is 0. The van der Waals surface area contributed by atoms with E-state index in [1.165, 1.54) is 18.4 Å². The van der Waals surface area contributed by atoms with Gasteiger partial charge in [-0.15, -0.1) is 0 Å². The summed E-state index contributed by atoms with van der Waals surface area (Å²) in [6, 6.07) is 13.5. The van der Waals surface area contributed by atoms with E-state index in [1.54, 1.807) is 12.1 Å². The molecule has 1 aliphatic rings. The highest BCUT2D eigenvalue weighted by atomic mass is 19.4. The minimum absolute atomic E-state index is 0.190. The number of hydrogen-bond acceptors (Lipinski definition) is 2. The van der Waals surface area contributed by atoms with Crippen LogP contribution in [0, 0.1) is 0 Å². The van der Waals surface area contributed by atoms with Crippen molar-refractivity contribution in [3.05, 3.63) is 59.2 Å². The highest BCUT2D eigenvalue weighted by molar-refractivity contribution is 6.10. The maximum absolute atomic E-state index is 12.7. The molecular weight excluding hydrogens is 437 g/mol. The monoisotopic (exact) mass is 472 g/mol. The smallest absolute Gasteiger partial charge is 0.294 e. The standard InChI is InChI=1S/C29H35F3O2/c1-3-5-7-11-17-28(18-12-8-6-4-2)24-14-10-9-13-22(24)23-16-15-21(19-25(23)28)26(33)20-27(34)29(30,31)32/h9-10,13-16,19H,3-8,11-12,17-18,20H2,1-2H3. The Balaban J connectivity index is 2.02. The number of hydrogen-bond donors (Lipinski definition) is 0. The Kier molecular flexibility index (Phi) is 8.72. The third kappa shape index (κ3) is 5.61. The van der Waals surface area contributed by atoms with E-state index in [4.69, 9.17) is 0 Å². The molecule has 0 radical (unpaired) electrons. The van der Waals surface area contributed by atoms with Crippen molar-refractivity contribution in [3.8, 4) is 11.1 Å². The molecule has 0 saturated carbocycles. The van der Waals surface area contributed by atoms with Gasteiger partial charge >= 0.3 is 6.18 Å². The third-order valence-corrected chi connectivity index (χ3v) is 7.14. The molecule has 1 aliphatic carbocycles. The van der Waals surface area contributed by atoms with Crippen LogP contribution in [-0.2, 0) is 10.2 Å². The molecule has 3 rings (SSSR count). The zero-order valence-electron chi connectivity index (χ0n) is 20.3. The van der Waals surface area contributed by atoms with Gasteiger partial charge in [0, 0.05) is 11.0 Å². The molecule has 2 aromatic carbocycles.